The molecule has 0 unspecified atom stereocenters. The lowest BCUT2D eigenvalue weighted by atomic mass is 9.81. The molecule has 2 bridgehead atoms. The summed E-state index contributed by atoms with van der Waals surface area (Å²) in [5.41, 5.74) is 2.90. The lowest BCUT2D eigenvalue weighted by Gasteiger charge is -2.19. The van der Waals surface area contributed by atoms with Crippen molar-refractivity contribution in [2.45, 2.75) is 33.1 Å². The first-order valence-electron chi connectivity index (χ1n) is 11.1. The smallest absolute Gasteiger partial charge is 0.340 e. The van der Waals surface area contributed by atoms with Gasteiger partial charge in [0.1, 0.15) is 0 Å². The van der Waals surface area contributed by atoms with E-state index in [1.807, 2.05) is 19.9 Å². The molecular formula is C26H25NO5. The fourth-order valence-electron chi connectivity index (χ4n) is 5.69. The van der Waals surface area contributed by atoms with E-state index in [1.54, 1.807) is 30.3 Å². The van der Waals surface area contributed by atoms with Gasteiger partial charge in [-0.15, -0.1) is 0 Å². The molecule has 6 heteroatoms. The van der Waals surface area contributed by atoms with Gasteiger partial charge in [-0.25, -0.2) is 9.69 Å². The number of carbonyl (C=O) groups is 4. The highest BCUT2D eigenvalue weighted by Crippen LogP contribution is 2.56. The Balaban J connectivity index is 1.35. The number of Topliss-reactive ketones (excluding diaryl/α,β-unsaturated/α-hetero) is 1. The molecule has 32 heavy (non-hydrogen) atoms. The Labute approximate surface area is 186 Å². The van der Waals surface area contributed by atoms with Crippen molar-refractivity contribution < 1.29 is 23.9 Å². The number of anilines is 1. The van der Waals surface area contributed by atoms with Crippen LogP contribution in [0.5, 0.6) is 0 Å². The monoisotopic (exact) mass is 431 g/mol. The van der Waals surface area contributed by atoms with Crippen LogP contribution in [0.3, 0.4) is 0 Å². The van der Waals surface area contributed by atoms with Gasteiger partial charge in [-0.3, -0.25) is 14.4 Å². The SMILES string of the molecule is Cc1ccc(C(=O)COC(=O)c2ccccc2N2C(=O)[C@H]3[C@H]4CC[C@@H](C4)[C@@H]3C2=O)cc1C. The van der Waals surface area contributed by atoms with Gasteiger partial charge < -0.3 is 4.74 Å². The van der Waals surface area contributed by atoms with Gasteiger partial charge in [0, 0.05) is 5.56 Å². The number of aryl methyl sites for hydroxylation is 2. The molecule has 6 nitrogen and oxygen atoms in total. The molecule has 164 valence electrons. The number of amides is 2. The molecule has 2 amide bonds. The normalized spacial score (nSPS) is 25.9. The van der Waals surface area contributed by atoms with Crippen molar-refractivity contribution in [3.8, 4) is 0 Å². The second-order valence-electron chi connectivity index (χ2n) is 9.21. The Morgan fingerprint density at radius 3 is 2.25 bits per heavy atom. The molecule has 3 aliphatic rings. The van der Waals surface area contributed by atoms with Gasteiger partial charge in [-0.05, 0) is 74.3 Å². The van der Waals surface area contributed by atoms with Gasteiger partial charge in [-0.2, -0.15) is 0 Å². The van der Waals surface area contributed by atoms with Crippen molar-refractivity contribution >= 4 is 29.3 Å². The maximum absolute atomic E-state index is 13.2. The standard InChI is InChI=1S/C26H25NO5/c1-14-7-8-16(11-15(14)2)21(28)13-32-26(31)19-5-3-4-6-20(19)27-24(29)22-17-9-10-18(12-17)23(22)25(27)30/h3-8,11,17-18,22-23H,9-10,12-13H2,1-2H3/t17-,18-,22-,23-/m0/s1. The molecule has 0 spiro atoms. The van der Waals surface area contributed by atoms with Crippen LogP contribution < -0.4 is 4.90 Å². The molecule has 2 saturated carbocycles. The van der Waals surface area contributed by atoms with Crippen molar-refractivity contribution in [1.82, 2.24) is 0 Å². The first-order valence-corrected chi connectivity index (χ1v) is 11.1. The van der Waals surface area contributed by atoms with Crippen molar-refractivity contribution in [2.24, 2.45) is 23.7 Å². The molecule has 2 aromatic rings. The third-order valence-corrected chi connectivity index (χ3v) is 7.46. The number of imide groups is 1. The van der Waals surface area contributed by atoms with Crippen LogP contribution in [0.2, 0.25) is 0 Å². The Hall–Kier alpha value is -3.28. The highest BCUT2D eigenvalue weighted by Gasteiger charge is 2.61. The van der Waals surface area contributed by atoms with E-state index in [9.17, 15) is 19.2 Å². The summed E-state index contributed by atoms with van der Waals surface area (Å²) in [6.45, 7) is 3.47. The van der Waals surface area contributed by atoms with E-state index in [4.69, 9.17) is 4.74 Å². The number of fused-ring (bicyclic) bond motifs is 5. The molecule has 1 aliphatic heterocycles. The molecule has 2 aliphatic carbocycles. The topological polar surface area (TPSA) is 80.8 Å². The van der Waals surface area contributed by atoms with Gasteiger partial charge in [-0.1, -0.05) is 24.3 Å². The summed E-state index contributed by atoms with van der Waals surface area (Å²) in [6, 6.07) is 11.8. The third-order valence-electron chi connectivity index (χ3n) is 7.46. The van der Waals surface area contributed by atoms with Crippen LogP contribution in [0, 0.1) is 37.5 Å². The van der Waals surface area contributed by atoms with Crippen LogP contribution in [0.15, 0.2) is 42.5 Å². The van der Waals surface area contributed by atoms with Crippen LogP contribution in [0.1, 0.15) is 51.1 Å². The zero-order valence-corrected chi connectivity index (χ0v) is 18.2. The lowest BCUT2D eigenvalue weighted by Crippen LogP contribution is -2.34. The van der Waals surface area contributed by atoms with E-state index in [1.165, 1.54) is 11.0 Å². The third kappa shape index (κ3) is 3.17. The summed E-state index contributed by atoms with van der Waals surface area (Å²) >= 11 is 0. The molecule has 0 N–H and O–H groups in total. The molecule has 3 fully saturated rings. The van der Waals surface area contributed by atoms with Crippen LogP contribution in [0.4, 0.5) is 5.69 Å². The molecule has 4 atom stereocenters. The zero-order chi connectivity index (χ0) is 22.6. The Kier molecular flexibility index (Phi) is 4.96. The summed E-state index contributed by atoms with van der Waals surface area (Å²) in [7, 11) is 0. The number of rotatable bonds is 5. The average Bonchev–Trinajstić information content (AvgIpc) is 3.47. The summed E-state index contributed by atoms with van der Waals surface area (Å²) in [4.78, 5) is 52.9. The summed E-state index contributed by atoms with van der Waals surface area (Å²) in [6.07, 6.45) is 2.93. The number of carbonyl (C=O) groups excluding carboxylic acids is 4. The quantitative estimate of drug-likeness (QED) is 0.408. The van der Waals surface area contributed by atoms with E-state index in [-0.39, 0.29) is 52.5 Å². The lowest BCUT2D eigenvalue weighted by molar-refractivity contribution is -0.123. The van der Waals surface area contributed by atoms with Crippen molar-refractivity contribution in [3.63, 3.8) is 0 Å². The molecule has 2 aromatic carbocycles. The molecule has 0 aromatic heterocycles. The summed E-state index contributed by atoms with van der Waals surface area (Å²) < 4.78 is 5.30. The number of hydrogen-bond donors (Lipinski definition) is 0. The second kappa shape index (κ2) is 7.69. The predicted molar refractivity (Wildman–Crippen MR) is 117 cm³/mol. The largest absolute Gasteiger partial charge is 0.454 e. The minimum absolute atomic E-state index is 0.120. The maximum Gasteiger partial charge on any atom is 0.340 e. The van der Waals surface area contributed by atoms with E-state index in [0.29, 0.717) is 5.56 Å². The van der Waals surface area contributed by atoms with Gasteiger partial charge >= 0.3 is 5.97 Å². The van der Waals surface area contributed by atoms with E-state index >= 15 is 0 Å². The number of ketones is 1. The van der Waals surface area contributed by atoms with Crippen molar-refractivity contribution in [2.75, 3.05) is 11.5 Å². The minimum atomic E-state index is -0.724. The Morgan fingerprint density at radius 2 is 1.59 bits per heavy atom. The predicted octanol–water partition coefficient (Wildman–Crippen LogP) is 3.88. The number of benzene rings is 2. The highest BCUT2D eigenvalue weighted by molar-refractivity contribution is 6.24. The van der Waals surface area contributed by atoms with E-state index in [0.717, 1.165) is 30.4 Å². The zero-order valence-electron chi connectivity index (χ0n) is 18.2. The number of esters is 1. The van der Waals surface area contributed by atoms with Crippen LogP contribution >= 0.6 is 0 Å². The Morgan fingerprint density at radius 1 is 0.938 bits per heavy atom. The van der Waals surface area contributed by atoms with Crippen LogP contribution in [0.25, 0.3) is 0 Å². The van der Waals surface area contributed by atoms with E-state index in [2.05, 4.69) is 0 Å². The fraction of sp³-hybridized carbons (Fsp3) is 0.385. The van der Waals surface area contributed by atoms with Gasteiger partial charge in [0.2, 0.25) is 11.8 Å². The number of hydrogen-bond acceptors (Lipinski definition) is 5. The first kappa shape index (κ1) is 20.6. The molecule has 1 heterocycles. The van der Waals surface area contributed by atoms with Crippen molar-refractivity contribution in [1.29, 1.82) is 0 Å². The molecular weight excluding hydrogens is 406 g/mol. The average molecular weight is 431 g/mol. The number of nitrogens with zero attached hydrogens (tertiary/aromatic N) is 1. The number of ether oxygens (including phenoxy) is 1. The minimum Gasteiger partial charge on any atom is -0.454 e. The van der Waals surface area contributed by atoms with E-state index < -0.39 is 12.6 Å². The Bertz CT molecular complexity index is 1120. The van der Waals surface area contributed by atoms with Gasteiger partial charge in [0.15, 0.2) is 12.4 Å². The highest BCUT2D eigenvalue weighted by atomic mass is 16.5. The van der Waals surface area contributed by atoms with Gasteiger partial charge in [0.05, 0.1) is 23.1 Å². The summed E-state index contributed by atoms with van der Waals surface area (Å²) in [5, 5.41) is 0. The molecule has 0 radical (unpaired) electrons. The van der Waals surface area contributed by atoms with Crippen LogP contribution in [-0.4, -0.2) is 30.2 Å². The number of para-hydroxylation sites is 1. The van der Waals surface area contributed by atoms with Crippen molar-refractivity contribution in [3.05, 3.63) is 64.7 Å². The summed E-state index contributed by atoms with van der Waals surface area (Å²) in [5.74, 6) is -1.45. The fourth-order valence-corrected chi connectivity index (χ4v) is 5.69. The molecule has 5 rings (SSSR count). The maximum atomic E-state index is 13.2. The molecule has 1 saturated heterocycles. The van der Waals surface area contributed by atoms with Gasteiger partial charge in [0.25, 0.3) is 0 Å². The first-order chi connectivity index (χ1) is 15.4. The van der Waals surface area contributed by atoms with Crippen LogP contribution in [-0.2, 0) is 14.3 Å². The second-order valence-corrected chi connectivity index (χ2v) is 9.21.